The lowest BCUT2D eigenvalue weighted by atomic mass is 10.0. The second kappa shape index (κ2) is 7.46. The van der Waals surface area contributed by atoms with E-state index in [1.807, 2.05) is 32.0 Å². The molecule has 11 heteroatoms. The van der Waals surface area contributed by atoms with Crippen molar-refractivity contribution in [3.63, 3.8) is 0 Å². The van der Waals surface area contributed by atoms with Gasteiger partial charge >= 0.3 is 12.2 Å². The second-order valence-electron chi connectivity index (χ2n) is 8.77. The summed E-state index contributed by atoms with van der Waals surface area (Å²) in [4.78, 5) is 21.6. The third-order valence-corrected chi connectivity index (χ3v) is 6.20. The van der Waals surface area contributed by atoms with E-state index in [-0.39, 0.29) is 24.4 Å². The monoisotopic (exact) mass is 457 g/mol. The maximum Gasteiger partial charge on any atom is 0.451 e. The number of carbonyl (C=O) groups is 1. The van der Waals surface area contributed by atoms with Gasteiger partial charge in [0.05, 0.1) is 17.8 Å². The van der Waals surface area contributed by atoms with Crippen LogP contribution in [-0.4, -0.2) is 37.1 Å². The zero-order valence-corrected chi connectivity index (χ0v) is 17.9. The van der Waals surface area contributed by atoms with Crippen molar-refractivity contribution in [1.29, 1.82) is 0 Å². The third-order valence-electron chi connectivity index (χ3n) is 6.20. The Morgan fingerprint density at radius 3 is 2.70 bits per heavy atom. The van der Waals surface area contributed by atoms with Gasteiger partial charge in [-0.1, -0.05) is 30.3 Å². The average Bonchev–Trinajstić information content (AvgIpc) is 3.33. The molecular formula is C22H22F3N7O. The molecule has 5 rings (SSSR count). The standard InChI is InChI=1S/C22H22F3N7O/c1-21(2)17-14(18(31-30-17)28-16-8-9-26-19(29-16)22(23,24)25)11-32(21)20(33)27-15-10-13(15)12-6-4-3-5-7-12/h3-9,13,15H,10-11H2,1-2H3,(H,27,33)(H2,26,28,29,30,31)/t13-,15+/m1/s1. The number of nitrogens with zero attached hydrogens (tertiary/aromatic N) is 4. The number of alkyl halides is 3. The van der Waals surface area contributed by atoms with Crippen molar-refractivity contribution in [3.05, 3.63) is 65.2 Å². The van der Waals surface area contributed by atoms with Gasteiger partial charge in [0.15, 0.2) is 5.82 Å². The first kappa shape index (κ1) is 21.2. The summed E-state index contributed by atoms with van der Waals surface area (Å²) >= 11 is 0. The first-order chi connectivity index (χ1) is 15.6. The Morgan fingerprint density at radius 2 is 1.97 bits per heavy atom. The van der Waals surface area contributed by atoms with Crippen LogP contribution < -0.4 is 10.6 Å². The van der Waals surface area contributed by atoms with Gasteiger partial charge < -0.3 is 15.5 Å². The van der Waals surface area contributed by atoms with Gasteiger partial charge in [0.2, 0.25) is 5.82 Å². The highest BCUT2D eigenvalue weighted by atomic mass is 19.4. The van der Waals surface area contributed by atoms with Crippen LogP contribution in [0.4, 0.5) is 29.6 Å². The molecule has 0 spiro atoms. The molecule has 1 aliphatic heterocycles. The molecule has 1 saturated carbocycles. The van der Waals surface area contributed by atoms with Crippen LogP contribution in [0, 0.1) is 0 Å². The minimum absolute atomic E-state index is 0.0315. The number of carbonyl (C=O) groups excluding carboxylic acids is 1. The lowest BCUT2D eigenvalue weighted by Gasteiger charge is -2.32. The molecule has 0 unspecified atom stereocenters. The minimum atomic E-state index is -4.65. The van der Waals surface area contributed by atoms with Crippen molar-refractivity contribution in [3.8, 4) is 0 Å². The number of fused-ring (bicyclic) bond motifs is 1. The molecule has 0 bridgehead atoms. The Labute approximate surface area is 187 Å². The summed E-state index contributed by atoms with van der Waals surface area (Å²) in [5.41, 5.74) is 1.96. The van der Waals surface area contributed by atoms with Crippen LogP contribution in [0.1, 0.15) is 48.8 Å². The zero-order chi connectivity index (χ0) is 23.4. The number of H-pyrrole nitrogens is 1. The van der Waals surface area contributed by atoms with E-state index in [2.05, 4.69) is 42.9 Å². The molecule has 0 saturated heterocycles. The average molecular weight is 457 g/mol. The molecule has 0 radical (unpaired) electrons. The fourth-order valence-corrected chi connectivity index (χ4v) is 4.29. The molecule has 172 valence electrons. The van der Waals surface area contributed by atoms with E-state index in [1.54, 1.807) is 4.90 Å². The highest BCUT2D eigenvalue weighted by molar-refractivity contribution is 5.78. The summed E-state index contributed by atoms with van der Waals surface area (Å²) in [6.45, 7) is 4.05. The Kier molecular flexibility index (Phi) is 4.80. The Morgan fingerprint density at radius 1 is 1.21 bits per heavy atom. The van der Waals surface area contributed by atoms with Crippen LogP contribution in [0.3, 0.4) is 0 Å². The number of hydrogen-bond donors (Lipinski definition) is 3. The highest BCUT2D eigenvalue weighted by Crippen LogP contribution is 2.43. The van der Waals surface area contributed by atoms with Crippen LogP contribution in [-0.2, 0) is 18.3 Å². The van der Waals surface area contributed by atoms with Crippen molar-refractivity contribution in [2.45, 2.75) is 50.5 Å². The normalized spacial score (nSPS) is 20.9. The predicted molar refractivity (Wildman–Crippen MR) is 114 cm³/mol. The first-order valence-corrected chi connectivity index (χ1v) is 10.5. The molecule has 1 aliphatic carbocycles. The predicted octanol–water partition coefficient (Wildman–Crippen LogP) is 4.28. The van der Waals surface area contributed by atoms with Gasteiger partial charge in [0.25, 0.3) is 0 Å². The van der Waals surface area contributed by atoms with E-state index in [0.717, 1.165) is 18.3 Å². The lowest BCUT2D eigenvalue weighted by Crippen LogP contribution is -2.47. The second-order valence-corrected chi connectivity index (χ2v) is 8.77. The van der Waals surface area contributed by atoms with Gasteiger partial charge in [0, 0.05) is 23.7 Å². The van der Waals surface area contributed by atoms with Gasteiger partial charge in [-0.05, 0) is 31.9 Å². The smallest absolute Gasteiger partial charge is 0.335 e. The SMILES string of the molecule is CC1(C)c2[nH]nc(Nc3ccnc(C(F)(F)F)n3)c2CN1C(=O)N[C@H]1C[C@@H]1c1ccccc1. The van der Waals surface area contributed by atoms with Crippen LogP contribution in [0.2, 0.25) is 0 Å². The number of aromatic amines is 1. The van der Waals surface area contributed by atoms with E-state index in [4.69, 9.17) is 0 Å². The van der Waals surface area contributed by atoms with E-state index in [1.165, 1.54) is 11.6 Å². The van der Waals surface area contributed by atoms with Crippen molar-refractivity contribution < 1.29 is 18.0 Å². The first-order valence-electron chi connectivity index (χ1n) is 10.5. The molecule has 3 N–H and O–H groups in total. The summed E-state index contributed by atoms with van der Waals surface area (Å²) in [6.07, 6.45) is -2.73. The molecule has 2 amide bonds. The van der Waals surface area contributed by atoms with Gasteiger partial charge in [-0.15, -0.1) is 0 Å². The van der Waals surface area contributed by atoms with E-state index < -0.39 is 17.5 Å². The summed E-state index contributed by atoms with van der Waals surface area (Å²) < 4.78 is 38.8. The third kappa shape index (κ3) is 3.87. The molecule has 2 aromatic heterocycles. The summed E-state index contributed by atoms with van der Waals surface area (Å²) in [5.74, 6) is -0.638. The molecule has 3 aromatic rings. The fourth-order valence-electron chi connectivity index (χ4n) is 4.29. The van der Waals surface area contributed by atoms with Crippen LogP contribution in [0.5, 0.6) is 0 Å². The molecule has 3 heterocycles. The number of halogens is 3. The molecule has 1 fully saturated rings. The minimum Gasteiger partial charge on any atom is -0.335 e. The van der Waals surface area contributed by atoms with E-state index in [0.29, 0.717) is 17.3 Å². The number of hydrogen-bond acceptors (Lipinski definition) is 5. The van der Waals surface area contributed by atoms with Crippen molar-refractivity contribution >= 4 is 17.7 Å². The maximum absolute atomic E-state index is 13.1. The van der Waals surface area contributed by atoms with Gasteiger partial charge in [-0.2, -0.15) is 18.3 Å². The highest BCUT2D eigenvalue weighted by Gasteiger charge is 2.47. The van der Waals surface area contributed by atoms with Crippen molar-refractivity contribution in [2.75, 3.05) is 5.32 Å². The zero-order valence-electron chi connectivity index (χ0n) is 17.9. The van der Waals surface area contributed by atoms with Crippen molar-refractivity contribution in [2.24, 2.45) is 0 Å². The largest absolute Gasteiger partial charge is 0.451 e. The topological polar surface area (TPSA) is 98.8 Å². The number of aromatic nitrogens is 4. The Hall–Kier alpha value is -3.63. The number of anilines is 2. The van der Waals surface area contributed by atoms with Gasteiger partial charge in [-0.3, -0.25) is 5.10 Å². The Bertz CT molecular complexity index is 1190. The Balaban J connectivity index is 1.30. The molecule has 8 nitrogen and oxygen atoms in total. The number of nitrogens with one attached hydrogen (secondary N) is 3. The van der Waals surface area contributed by atoms with E-state index >= 15 is 0 Å². The fraction of sp³-hybridized carbons (Fsp3) is 0.364. The molecular weight excluding hydrogens is 435 g/mol. The summed E-state index contributed by atoms with van der Waals surface area (Å²) in [6, 6.07) is 11.3. The molecule has 1 aromatic carbocycles. The van der Waals surface area contributed by atoms with Crippen LogP contribution in [0.15, 0.2) is 42.6 Å². The molecule has 2 atom stereocenters. The summed E-state index contributed by atoms with van der Waals surface area (Å²) in [5, 5.41) is 13.1. The number of amides is 2. The summed E-state index contributed by atoms with van der Waals surface area (Å²) in [7, 11) is 0. The maximum atomic E-state index is 13.1. The van der Waals surface area contributed by atoms with Crippen molar-refractivity contribution in [1.82, 2.24) is 30.4 Å². The number of urea groups is 1. The van der Waals surface area contributed by atoms with Gasteiger partial charge in [0.1, 0.15) is 5.82 Å². The number of rotatable bonds is 4. The van der Waals surface area contributed by atoms with Crippen LogP contribution in [0.25, 0.3) is 0 Å². The number of benzene rings is 1. The van der Waals surface area contributed by atoms with E-state index in [9.17, 15) is 18.0 Å². The lowest BCUT2D eigenvalue weighted by molar-refractivity contribution is -0.144. The van der Waals surface area contributed by atoms with Crippen LogP contribution >= 0.6 is 0 Å². The molecule has 33 heavy (non-hydrogen) atoms. The quantitative estimate of drug-likeness (QED) is 0.543. The van der Waals surface area contributed by atoms with Gasteiger partial charge in [-0.25, -0.2) is 14.8 Å². The molecule has 2 aliphatic rings.